The number of carbonyl (C=O) groups is 2. The van der Waals surface area contributed by atoms with Gasteiger partial charge in [0, 0.05) is 12.5 Å². The zero-order chi connectivity index (χ0) is 14.7. The van der Waals surface area contributed by atoms with Crippen LogP contribution in [-0.2, 0) is 9.59 Å². The second-order valence-corrected chi connectivity index (χ2v) is 5.58. The van der Waals surface area contributed by atoms with E-state index in [1.165, 1.54) is 0 Å². The first kappa shape index (κ1) is 14.6. The molecule has 1 unspecified atom stereocenters. The van der Waals surface area contributed by atoms with Crippen molar-refractivity contribution in [1.29, 1.82) is 0 Å². The van der Waals surface area contributed by atoms with Crippen molar-refractivity contribution in [1.82, 2.24) is 4.90 Å². The molecule has 0 aliphatic carbocycles. The number of carbonyl (C=O) groups excluding carboxylic acids is 2. The molecule has 1 aliphatic heterocycles. The van der Waals surface area contributed by atoms with E-state index in [1.807, 2.05) is 39.0 Å². The van der Waals surface area contributed by atoms with Crippen LogP contribution < -0.4 is 4.74 Å². The molecule has 4 heteroatoms. The van der Waals surface area contributed by atoms with Gasteiger partial charge < -0.3 is 9.64 Å². The summed E-state index contributed by atoms with van der Waals surface area (Å²) < 4.78 is 5.41. The van der Waals surface area contributed by atoms with Crippen LogP contribution in [0.15, 0.2) is 24.3 Å². The van der Waals surface area contributed by atoms with E-state index in [-0.39, 0.29) is 17.8 Å². The van der Waals surface area contributed by atoms with Crippen LogP contribution in [0.5, 0.6) is 5.75 Å². The van der Waals surface area contributed by atoms with Gasteiger partial charge in [-0.05, 0) is 37.5 Å². The molecule has 1 atom stereocenters. The molecule has 108 valence electrons. The number of nitrogens with zero attached hydrogens (tertiary/aromatic N) is 1. The van der Waals surface area contributed by atoms with Gasteiger partial charge in [-0.15, -0.1) is 0 Å². The molecule has 2 rings (SSSR count). The second kappa shape index (κ2) is 6.07. The highest BCUT2D eigenvalue weighted by atomic mass is 16.5. The molecule has 1 aromatic carbocycles. The Balaban J connectivity index is 2.06. The van der Waals surface area contributed by atoms with Crippen LogP contribution in [0.4, 0.5) is 0 Å². The minimum absolute atomic E-state index is 0.0219. The summed E-state index contributed by atoms with van der Waals surface area (Å²) >= 11 is 0. The van der Waals surface area contributed by atoms with Gasteiger partial charge in [0.2, 0.25) is 5.91 Å². The van der Waals surface area contributed by atoms with Gasteiger partial charge >= 0.3 is 5.97 Å². The molecule has 0 spiro atoms. The van der Waals surface area contributed by atoms with Crippen molar-refractivity contribution in [3.63, 3.8) is 0 Å². The molecule has 0 aromatic heterocycles. The molecule has 0 radical (unpaired) electrons. The quantitative estimate of drug-likeness (QED) is 0.629. The maximum absolute atomic E-state index is 12.2. The van der Waals surface area contributed by atoms with Crippen molar-refractivity contribution in [2.24, 2.45) is 5.92 Å². The first-order valence-corrected chi connectivity index (χ1v) is 7.08. The van der Waals surface area contributed by atoms with Crippen molar-refractivity contribution in [3.8, 4) is 5.75 Å². The van der Waals surface area contributed by atoms with Gasteiger partial charge in [-0.2, -0.15) is 0 Å². The molecule has 0 bridgehead atoms. The molecule has 0 saturated carbocycles. The minimum Gasteiger partial charge on any atom is -0.425 e. The van der Waals surface area contributed by atoms with E-state index < -0.39 is 6.04 Å². The fourth-order valence-corrected chi connectivity index (χ4v) is 2.47. The summed E-state index contributed by atoms with van der Waals surface area (Å²) in [5.74, 6) is 0.136. The van der Waals surface area contributed by atoms with Crippen molar-refractivity contribution in [3.05, 3.63) is 29.8 Å². The van der Waals surface area contributed by atoms with Gasteiger partial charge in [0.1, 0.15) is 11.8 Å². The van der Waals surface area contributed by atoms with Gasteiger partial charge in [0.05, 0.1) is 0 Å². The average Bonchev–Trinajstić information content (AvgIpc) is 2.86. The first-order chi connectivity index (χ1) is 9.49. The third-order valence-electron chi connectivity index (χ3n) is 3.51. The van der Waals surface area contributed by atoms with Crippen LogP contribution in [0.3, 0.4) is 0 Å². The molecule has 20 heavy (non-hydrogen) atoms. The molecule has 1 saturated heterocycles. The molecule has 1 amide bonds. The normalized spacial score (nSPS) is 18.4. The predicted molar refractivity (Wildman–Crippen MR) is 76.4 cm³/mol. The zero-order valence-electron chi connectivity index (χ0n) is 12.3. The summed E-state index contributed by atoms with van der Waals surface area (Å²) in [6, 6.07) is 6.94. The van der Waals surface area contributed by atoms with E-state index in [4.69, 9.17) is 4.74 Å². The maximum Gasteiger partial charge on any atom is 0.334 e. The SMILES string of the molecule is Cc1cccc(OC(=O)C2CCCN2C(=O)C(C)C)c1. The lowest BCUT2D eigenvalue weighted by Gasteiger charge is -2.24. The minimum atomic E-state index is -0.439. The summed E-state index contributed by atoms with van der Waals surface area (Å²) in [7, 11) is 0. The fourth-order valence-electron chi connectivity index (χ4n) is 2.47. The lowest BCUT2D eigenvalue weighted by Crippen LogP contribution is -2.44. The highest BCUT2D eigenvalue weighted by Gasteiger charge is 2.36. The topological polar surface area (TPSA) is 46.6 Å². The molecule has 1 heterocycles. The van der Waals surface area contributed by atoms with Crippen molar-refractivity contribution >= 4 is 11.9 Å². The molecule has 0 N–H and O–H groups in total. The highest BCUT2D eigenvalue weighted by Crippen LogP contribution is 2.22. The van der Waals surface area contributed by atoms with Crippen LogP contribution in [0.25, 0.3) is 0 Å². The maximum atomic E-state index is 12.2. The summed E-state index contributed by atoms with van der Waals surface area (Å²) in [5.41, 5.74) is 1.04. The predicted octanol–water partition coefficient (Wildman–Crippen LogP) is 2.55. The second-order valence-electron chi connectivity index (χ2n) is 5.58. The summed E-state index contributed by atoms with van der Waals surface area (Å²) in [6.07, 6.45) is 1.54. The van der Waals surface area contributed by atoms with E-state index in [0.29, 0.717) is 18.7 Å². The van der Waals surface area contributed by atoms with E-state index in [9.17, 15) is 9.59 Å². The fraction of sp³-hybridized carbons (Fsp3) is 0.500. The number of benzene rings is 1. The zero-order valence-corrected chi connectivity index (χ0v) is 12.3. The molecule has 1 aromatic rings. The standard InChI is InChI=1S/C16H21NO3/c1-11(2)15(18)17-9-5-8-14(17)16(19)20-13-7-4-6-12(3)10-13/h4,6-7,10-11,14H,5,8-9H2,1-3H3. The van der Waals surface area contributed by atoms with Crippen LogP contribution in [0, 0.1) is 12.8 Å². The van der Waals surface area contributed by atoms with Crippen LogP contribution >= 0.6 is 0 Å². The molecular weight excluding hydrogens is 254 g/mol. The number of hydrogen-bond acceptors (Lipinski definition) is 3. The number of rotatable bonds is 3. The number of likely N-dealkylation sites (tertiary alicyclic amines) is 1. The molecular formula is C16H21NO3. The van der Waals surface area contributed by atoms with Gasteiger partial charge in [-0.3, -0.25) is 4.79 Å². The smallest absolute Gasteiger partial charge is 0.334 e. The highest BCUT2D eigenvalue weighted by molar-refractivity contribution is 5.87. The number of hydrogen-bond donors (Lipinski definition) is 0. The van der Waals surface area contributed by atoms with Crippen molar-refractivity contribution in [2.75, 3.05) is 6.54 Å². The van der Waals surface area contributed by atoms with E-state index in [2.05, 4.69) is 0 Å². The van der Waals surface area contributed by atoms with E-state index >= 15 is 0 Å². The Kier molecular flexibility index (Phi) is 4.42. The Morgan fingerprint density at radius 2 is 2.10 bits per heavy atom. The Labute approximate surface area is 119 Å². The van der Waals surface area contributed by atoms with Crippen molar-refractivity contribution < 1.29 is 14.3 Å². The summed E-state index contributed by atoms with van der Waals surface area (Å²) in [6.45, 7) is 6.29. The van der Waals surface area contributed by atoms with Gasteiger partial charge in [-0.25, -0.2) is 4.79 Å². The summed E-state index contributed by atoms with van der Waals surface area (Å²) in [4.78, 5) is 26.0. The molecule has 4 nitrogen and oxygen atoms in total. The Morgan fingerprint density at radius 1 is 1.35 bits per heavy atom. The van der Waals surface area contributed by atoms with Crippen LogP contribution in [0.1, 0.15) is 32.3 Å². The number of amides is 1. The van der Waals surface area contributed by atoms with Gasteiger partial charge in [-0.1, -0.05) is 26.0 Å². The lowest BCUT2D eigenvalue weighted by molar-refractivity contribution is -0.147. The molecule has 1 fully saturated rings. The van der Waals surface area contributed by atoms with Crippen LogP contribution in [-0.4, -0.2) is 29.4 Å². The lowest BCUT2D eigenvalue weighted by atomic mass is 10.1. The largest absolute Gasteiger partial charge is 0.425 e. The van der Waals surface area contributed by atoms with Gasteiger partial charge in [0.15, 0.2) is 0 Å². The van der Waals surface area contributed by atoms with Crippen molar-refractivity contribution in [2.45, 2.75) is 39.7 Å². The molecule has 1 aliphatic rings. The van der Waals surface area contributed by atoms with E-state index in [1.54, 1.807) is 11.0 Å². The van der Waals surface area contributed by atoms with Gasteiger partial charge in [0.25, 0.3) is 0 Å². The monoisotopic (exact) mass is 275 g/mol. The number of ether oxygens (including phenoxy) is 1. The summed E-state index contributed by atoms with van der Waals surface area (Å²) in [5, 5.41) is 0. The third-order valence-corrected chi connectivity index (χ3v) is 3.51. The third kappa shape index (κ3) is 3.18. The Hall–Kier alpha value is -1.84. The number of aryl methyl sites for hydroxylation is 1. The Bertz CT molecular complexity index is 510. The number of esters is 1. The van der Waals surface area contributed by atoms with E-state index in [0.717, 1.165) is 12.0 Å². The van der Waals surface area contributed by atoms with Crippen LogP contribution in [0.2, 0.25) is 0 Å². The average molecular weight is 275 g/mol. The Morgan fingerprint density at radius 3 is 2.75 bits per heavy atom. The first-order valence-electron chi connectivity index (χ1n) is 7.08.